The zero-order chi connectivity index (χ0) is 20.9. The zero-order valence-corrected chi connectivity index (χ0v) is 17.7. The number of rotatable bonds is 8. The van der Waals surface area contributed by atoms with E-state index in [1.807, 2.05) is 24.3 Å². The molecule has 0 saturated heterocycles. The van der Waals surface area contributed by atoms with E-state index in [2.05, 4.69) is 15.1 Å². The molecule has 0 saturated carbocycles. The number of nitrogens with zero attached hydrogens (tertiary/aromatic N) is 3. The van der Waals surface area contributed by atoms with Gasteiger partial charge in [-0.15, -0.1) is 23.2 Å². The van der Waals surface area contributed by atoms with Crippen molar-refractivity contribution < 1.29 is 13.0 Å². The fourth-order valence-corrected chi connectivity index (χ4v) is 3.78. The fourth-order valence-electron chi connectivity index (χ4n) is 2.85. The quantitative estimate of drug-likeness (QED) is 0.267. The maximum atomic E-state index is 11.2. The van der Waals surface area contributed by atoms with Crippen molar-refractivity contribution in [3.8, 4) is 0 Å². The minimum absolute atomic E-state index is 0.142. The first kappa shape index (κ1) is 21.5. The molecule has 1 N–H and O–H groups in total. The summed E-state index contributed by atoms with van der Waals surface area (Å²) < 4.78 is 31.6. The molecule has 0 unspecified atom stereocenters. The van der Waals surface area contributed by atoms with E-state index in [0.29, 0.717) is 41.6 Å². The van der Waals surface area contributed by atoms with Gasteiger partial charge in [-0.05, 0) is 59.3 Å². The van der Waals surface area contributed by atoms with E-state index in [4.69, 9.17) is 27.8 Å². The molecule has 0 aliphatic heterocycles. The molecule has 0 spiro atoms. The van der Waals surface area contributed by atoms with Gasteiger partial charge in [0.05, 0.1) is 16.3 Å². The van der Waals surface area contributed by atoms with Gasteiger partial charge in [-0.2, -0.15) is 18.6 Å². The molecule has 0 heterocycles. The third kappa shape index (κ3) is 5.67. The van der Waals surface area contributed by atoms with E-state index in [1.165, 1.54) is 12.1 Å². The van der Waals surface area contributed by atoms with Crippen molar-refractivity contribution in [2.45, 2.75) is 4.90 Å². The smallest absolute Gasteiger partial charge is 0.294 e. The van der Waals surface area contributed by atoms with Crippen LogP contribution in [-0.4, -0.2) is 37.8 Å². The first-order chi connectivity index (χ1) is 13.9. The number of azo groups is 1. The van der Waals surface area contributed by atoms with Crippen LogP contribution in [0.15, 0.2) is 75.8 Å². The summed E-state index contributed by atoms with van der Waals surface area (Å²) in [4.78, 5) is 1.96. The number of fused-ring (bicyclic) bond motifs is 1. The Hall–Kier alpha value is -2.19. The monoisotopic (exact) mass is 451 g/mol. The summed E-state index contributed by atoms with van der Waals surface area (Å²) in [7, 11) is -4.23. The van der Waals surface area contributed by atoms with Gasteiger partial charge in [0, 0.05) is 30.5 Å². The van der Waals surface area contributed by atoms with Gasteiger partial charge in [-0.1, -0.05) is 12.1 Å². The number of halogens is 2. The van der Waals surface area contributed by atoms with Gasteiger partial charge in [0.25, 0.3) is 10.1 Å². The van der Waals surface area contributed by atoms with Crippen molar-refractivity contribution >= 4 is 61.2 Å². The predicted octanol–water partition coefficient (Wildman–Crippen LogP) is 5.79. The first-order valence-electron chi connectivity index (χ1n) is 8.81. The summed E-state index contributed by atoms with van der Waals surface area (Å²) in [6.07, 6.45) is 0. The molecule has 9 heteroatoms. The number of hydrogen-bond acceptors (Lipinski definition) is 5. The third-order valence-corrected chi connectivity index (χ3v) is 5.49. The lowest BCUT2D eigenvalue weighted by Gasteiger charge is -2.22. The van der Waals surface area contributed by atoms with E-state index in [1.54, 1.807) is 24.3 Å². The highest BCUT2D eigenvalue weighted by Crippen LogP contribution is 2.26. The molecule has 6 nitrogen and oxygen atoms in total. The summed E-state index contributed by atoms with van der Waals surface area (Å²) in [6.45, 7) is 1.43. The zero-order valence-electron chi connectivity index (χ0n) is 15.4. The molecule has 0 amide bonds. The van der Waals surface area contributed by atoms with Gasteiger partial charge in [0.15, 0.2) is 0 Å². The standard InChI is InChI=1S/C20H19Cl2N3O3S/c21-9-11-25(12-10-22)19-6-4-17(5-7-19)23-24-18-3-1-16-14-20(29(26,27)28)8-2-15(16)13-18/h1-8,13-14H,9-12H2,(H,26,27,28). The van der Waals surface area contributed by atoms with Crippen LogP contribution in [0.4, 0.5) is 17.1 Å². The average molecular weight is 452 g/mol. The van der Waals surface area contributed by atoms with Crippen LogP contribution in [0.5, 0.6) is 0 Å². The minimum atomic E-state index is -4.23. The van der Waals surface area contributed by atoms with Crippen molar-refractivity contribution in [1.29, 1.82) is 0 Å². The van der Waals surface area contributed by atoms with Crippen molar-refractivity contribution in [1.82, 2.24) is 0 Å². The van der Waals surface area contributed by atoms with Crippen LogP contribution in [0, 0.1) is 0 Å². The molecule has 3 aromatic carbocycles. The Morgan fingerprint density at radius 1 is 0.793 bits per heavy atom. The summed E-state index contributed by atoms with van der Waals surface area (Å²) in [5.74, 6) is 1.04. The molecular weight excluding hydrogens is 433 g/mol. The van der Waals surface area contributed by atoms with Gasteiger partial charge in [0.1, 0.15) is 0 Å². The normalized spacial score (nSPS) is 12.0. The van der Waals surface area contributed by atoms with E-state index >= 15 is 0 Å². The van der Waals surface area contributed by atoms with E-state index < -0.39 is 10.1 Å². The third-order valence-electron chi connectivity index (χ3n) is 4.30. The first-order valence-corrected chi connectivity index (χ1v) is 11.3. The molecule has 3 rings (SSSR count). The molecule has 0 radical (unpaired) electrons. The Bertz CT molecular complexity index is 1110. The number of anilines is 1. The molecular formula is C20H19Cl2N3O3S. The second kappa shape index (κ2) is 9.54. The average Bonchev–Trinajstić information content (AvgIpc) is 2.71. The van der Waals surface area contributed by atoms with E-state index in [9.17, 15) is 8.42 Å². The molecule has 29 heavy (non-hydrogen) atoms. The molecule has 0 fully saturated rings. The summed E-state index contributed by atoms with van der Waals surface area (Å²) in [5.41, 5.74) is 2.35. The Labute approximate surface area is 179 Å². The maximum absolute atomic E-state index is 11.2. The maximum Gasteiger partial charge on any atom is 0.294 e. The lowest BCUT2D eigenvalue weighted by atomic mass is 10.1. The Kier molecular flexibility index (Phi) is 7.08. The number of hydrogen-bond donors (Lipinski definition) is 1. The van der Waals surface area contributed by atoms with Crippen molar-refractivity contribution in [2.75, 3.05) is 29.7 Å². The lowest BCUT2D eigenvalue weighted by Crippen LogP contribution is -2.27. The van der Waals surface area contributed by atoms with Gasteiger partial charge >= 0.3 is 0 Å². The Morgan fingerprint density at radius 2 is 1.34 bits per heavy atom. The highest BCUT2D eigenvalue weighted by molar-refractivity contribution is 7.85. The van der Waals surface area contributed by atoms with Crippen LogP contribution < -0.4 is 4.90 Å². The molecule has 3 aromatic rings. The van der Waals surface area contributed by atoms with Gasteiger partial charge < -0.3 is 4.90 Å². The summed E-state index contributed by atoms with van der Waals surface area (Å²) in [5, 5.41) is 9.97. The molecule has 0 aromatic heterocycles. The molecule has 0 atom stereocenters. The minimum Gasteiger partial charge on any atom is -0.369 e. The number of benzene rings is 3. The van der Waals surface area contributed by atoms with Crippen LogP contribution in [0.1, 0.15) is 0 Å². The predicted molar refractivity (Wildman–Crippen MR) is 118 cm³/mol. The van der Waals surface area contributed by atoms with Gasteiger partial charge in [-0.25, -0.2) is 0 Å². The van der Waals surface area contributed by atoms with Gasteiger partial charge in [-0.3, -0.25) is 4.55 Å². The summed E-state index contributed by atoms with van der Waals surface area (Å²) >= 11 is 11.7. The van der Waals surface area contributed by atoms with Crippen LogP contribution >= 0.6 is 23.2 Å². The van der Waals surface area contributed by atoms with Crippen molar-refractivity contribution in [3.05, 3.63) is 60.7 Å². The highest BCUT2D eigenvalue weighted by Gasteiger charge is 2.10. The van der Waals surface area contributed by atoms with E-state index in [0.717, 1.165) is 11.1 Å². The Morgan fingerprint density at radius 3 is 1.97 bits per heavy atom. The van der Waals surface area contributed by atoms with Crippen molar-refractivity contribution in [3.63, 3.8) is 0 Å². The van der Waals surface area contributed by atoms with E-state index in [-0.39, 0.29) is 4.90 Å². The van der Waals surface area contributed by atoms with Crippen LogP contribution in [0.3, 0.4) is 0 Å². The molecule has 0 aliphatic rings. The Balaban J connectivity index is 1.77. The topological polar surface area (TPSA) is 82.3 Å². The summed E-state index contributed by atoms with van der Waals surface area (Å²) in [6, 6.07) is 17.3. The van der Waals surface area contributed by atoms with Crippen LogP contribution in [-0.2, 0) is 10.1 Å². The second-order valence-corrected chi connectivity index (χ2v) is 8.43. The molecule has 0 bridgehead atoms. The lowest BCUT2D eigenvalue weighted by molar-refractivity contribution is 0.483. The largest absolute Gasteiger partial charge is 0.369 e. The fraction of sp³-hybridized carbons (Fsp3) is 0.200. The SMILES string of the molecule is O=S(=O)(O)c1ccc2cc(N=Nc3ccc(N(CCCl)CCCl)cc3)ccc2c1. The van der Waals surface area contributed by atoms with Gasteiger partial charge in [0.2, 0.25) is 0 Å². The highest BCUT2D eigenvalue weighted by atomic mass is 35.5. The van der Waals surface area contributed by atoms with Crippen LogP contribution in [0.25, 0.3) is 10.8 Å². The number of alkyl halides is 2. The molecule has 152 valence electrons. The van der Waals surface area contributed by atoms with Crippen molar-refractivity contribution in [2.24, 2.45) is 10.2 Å². The molecule has 0 aliphatic carbocycles. The van der Waals surface area contributed by atoms with Crippen LogP contribution in [0.2, 0.25) is 0 Å². The second-order valence-electron chi connectivity index (χ2n) is 6.25.